The van der Waals surface area contributed by atoms with E-state index >= 15 is 0 Å². The molecule has 1 aromatic carbocycles. The van der Waals surface area contributed by atoms with Crippen LogP contribution in [-0.2, 0) is 25.7 Å². The van der Waals surface area contributed by atoms with Crippen molar-refractivity contribution in [1.29, 1.82) is 0 Å². The van der Waals surface area contributed by atoms with E-state index in [-0.39, 0.29) is 30.3 Å². The molecule has 0 atom stereocenters. The number of benzene rings is 1. The Morgan fingerprint density at radius 3 is 2.36 bits per heavy atom. The number of alkyl halides is 6. The van der Waals surface area contributed by atoms with E-state index in [9.17, 15) is 39.6 Å². The number of ether oxygens (including phenoxy) is 3. The van der Waals surface area contributed by atoms with E-state index in [4.69, 9.17) is 25.8 Å². The molecule has 0 spiro atoms. The molecule has 0 saturated carbocycles. The van der Waals surface area contributed by atoms with Gasteiger partial charge in [-0.3, -0.25) is 4.79 Å². The van der Waals surface area contributed by atoms with Gasteiger partial charge in [0, 0.05) is 30.5 Å². The Morgan fingerprint density at radius 1 is 1.14 bits per heavy atom. The highest BCUT2D eigenvalue weighted by atomic mass is 35.5. The molecule has 36 heavy (non-hydrogen) atoms. The first-order valence-electron chi connectivity index (χ1n) is 9.53. The average molecular weight is 563 g/mol. The molecule has 1 heterocycles. The van der Waals surface area contributed by atoms with Gasteiger partial charge >= 0.3 is 21.7 Å². The summed E-state index contributed by atoms with van der Waals surface area (Å²) in [4.78, 5) is 15.6. The van der Waals surface area contributed by atoms with Crippen LogP contribution in [-0.4, -0.2) is 45.1 Å². The normalized spacial score (nSPS) is 12.9. The Balaban J connectivity index is 2.44. The molecule has 1 aromatic heterocycles. The van der Waals surface area contributed by atoms with Gasteiger partial charge in [-0.1, -0.05) is 11.6 Å². The van der Waals surface area contributed by atoms with Crippen LogP contribution >= 0.6 is 11.6 Å². The van der Waals surface area contributed by atoms with Crippen LogP contribution in [0.15, 0.2) is 36.0 Å². The Bertz CT molecular complexity index is 1250. The van der Waals surface area contributed by atoms with E-state index < -0.39 is 49.7 Å². The second-order valence-corrected chi connectivity index (χ2v) is 8.94. The van der Waals surface area contributed by atoms with Crippen LogP contribution in [0.1, 0.15) is 18.1 Å². The van der Waals surface area contributed by atoms with Crippen LogP contribution in [0.25, 0.3) is 6.08 Å². The monoisotopic (exact) mass is 562 g/mol. The minimum Gasteiger partial charge on any atom is -0.491 e. The molecule has 0 fully saturated rings. The van der Waals surface area contributed by atoms with E-state index in [2.05, 4.69) is 4.98 Å². The molecule has 198 valence electrons. The molecule has 0 aliphatic rings. The van der Waals surface area contributed by atoms with E-state index in [1.165, 1.54) is 25.3 Å². The minimum atomic E-state index is -5.96. The number of carbonyl (C=O) groups is 1. The van der Waals surface area contributed by atoms with E-state index in [0.29, 0.717) is 12.3 Å². The Kier molecular flexibility index (Phi) is 9.20. The molecule has 2 rings (SSSR count). The van der Waals surface area contributed by atoms with Gasteiger partial charge in [-0.05, 0) is 31.2 Å². The van der Waals surface area contributed by atoms with E-state index in [0.717, 1.165) is 17.7 Å². The zero-order valence-electron chi connectivity index (χ0n) is 18.3. The van der Waals surface area contributed by atoms with Gasteiger partial charge in [-0.2, -0.15) is 34.8 Å². The van der Waals surface area contributed by atoms with Crippen molar-refractivity contribution in [3.8, 4) is 17.4 Å². The van der Waals surface area contributed by atoms with Gasteiger partial charge in [0.25, 0.3) is 5.91 Å². The summed E-state index contributed by atoms with van der Waals surface area (Å²) in [6.45, 7) is 1.33. The highest BCUT2D eigenvalue weighted by molar-refractivity contribution is 7.90. The number of hydrogen-bond acceptors (Lipinski definition) is 7. The third-order valence-electron chi connectivity index (χ3n) is 4.14. The number of nitrogens with zero attached hydrogens (tertiary/aromatic N) is 1. The highest BCUT2D eigenvalue weighted by Gasteiger charge is 2.47. The largest absolute Gasteiger partial charge is 0.516 e. The molecule has 0 saturated heterocycles. The molecule has 0 aliphatic carbocycles. The van der Waals surface area contributed by atoms with Crippen LogP contribution in [0.5, 0.6) is 17.4 Å². The lowest BCUT2D eigenvalue weighted by atomic mass is 10.1. The van der Waals surface area contributed by atoms with Crippen molar-refractivity contribution < 1.29 is 53.8 Å². The van der Waals surface area contributed by atoms with Crippen molar-refractivity contribution in [2.45, 2.75) is 18.6 Å². The second-order valence-electron chi connectivity index (χ2n) is 6.86. The summed E-state index contributed by atoms with van der Waals surface area (Å²) < 4.78 is 115. The number of aromatic nitrogens is 1. The lowest BCUT2D eigenvalue weighted by Gasteiger charge is -2.14. The van der Waals surface area contributed by atoms with Crippen LogP contribution in [0.3, 0.4) is 0 Å². The molecule has 16 heteroatoms. The average Bonchev–Trinajstić information content (AvgIpc) is 2.75. The van der Waals surface area contributed by atoms with Gasteiger partial charge in [0.05, 0.1) is 12.2 Å². The van der Waals surface area contributed by atoms with Crippen LogP contribution in [0.4, 0.5) is 26.3 Å². The van der Waals surface area contributed by atoms with Gasteiger partial charge in [-0.25, -0.2) is 9.71 Å². The van der Waals surface area contributed by atoms with Gasteiger partial charge < -0.3 is 14.2 Å². The molecular weight excluding hydrogens is 546 g/mol. The predicted molar refractivity (Wildman–Crippen MR) is 115 cm³/mol. The molecule has 0 bridgehead atoms. The number of rotatable bonds is 9. The third-order valence-corrected chi connectivity index (χ3v) is 5.48. The maximum atomic E-state index is 12.9. The topological polar surface area (TPSA) is 104 Å². The first-order valence-corrected chi connectivity index (χ1v) is 11.4. The number of methoxy groups -OCH3 is 1. The maximum Gasteiger partial charge on any atom is 0.516 e. The number of carbonyl (C=O) groups excluding carboxylic acids is 1. The zero-order chi connectivity index (χ0) is 27.3. The lowest BCUT2D eigenvalue weighted by molar-refractivity contribution is -0.137. The maximum absolute atomic E-state index is 12.9. The molecule has 0 aliphatic heterocycles. The van der Waals surface area contributed by atoms with E-state index in [1.807, 2.05) is 0 Å². The first kappa shape index (κ1) is 29.2. The van der Waals surface area contributed by atoms with Gasteiger partial charge in [0.1, 0.15) is 23.1 Å². The molecule has 2 aromatic rings. The molecule has 1 amide bonds. The van der Waals surface area contributed by atoms with Gasteiger partial charge in [0.2, 0.25) is 5.88 Å². The van der Waals surface area contributed by atoms with Crippen molar-refractivity contribution in [3.63, 3.8) is 0 Å². The summed E-state index contributed by atoms with van der Waals surface area (Å²) in [6, 6.07) is 4.49. The summed E-state index contributed by atoms with van der Waals surface area (Å²) in [7, 11) is -4.53. The number of sulfonamides is 1. The van der Waals surface area contributed by atoms with Crippen LogP contribution in [0.2, 0.25) is 5.02 Å². The fourth-order valence-electron chi connectivity index (χ4n) is 2.37. The molecule has 1 N–H and O–H groups in total. The van der Waals surface area contributed by atoms with Crippen molar-refractivity contribution in [1.82, 2.24) is 9.71 Å². The Labute approximate surface area is 205 Å². The summed E-state index contributed by atoms with van der Waals surface area (Å²) in [5.41, 5.74) is -7.34. The van der Waals surface area contributed by atoms with Crippen molar-refractivity contribution in [2.75, 3.05) is 20.3 Å². The minimum absolute atomic E-state index is 0.00362. The van der Waals surface area contributed by atoms with Crippen molar-refractivity contribution in [3.05, 3.63) is 52.2 Å². The third kappa shape index (κ3) is 7.73. The lowest BCUT2D eigenvalue weighted by Crippen LogP contribution is -2.40. The number of hydrogen-bond donors (Lipinski definition) is 1. The molecular formula is C20H17ClF6N2O6S. The molecule has 0 unspecified atom stereocenters. The molecule has 8 nitrogen and oxygen atoms in total. The summed E-state index contributed by atoms with van der Waals surface area (Å²) >= 11 is 5.86. The fraction of sp³-hybridized carbons (Fsp3) is 0.300. The van der Waals surface area contributed by atoms with Crippen LogP contribution < -0.4 is 14.2 Å². The molecule has 0 radical (unpaired) electrons. The van der Waals surface area contributed by atoms with Gasteiger partial charge in [0.15, 0.2) is 0 Å². The van der Waals surface area contributed by atoms with Crippen molar-refractivity contribution in [2.24, 2.45) is 0 Å². The summed E-state index contributed by atoms with van der Waals surface area (Å²) in [6.07, 6.45) is -3.27. The van der Waals surface area contributed by atoms with E-state index in [1.54, 1.807) is 0 Å². The quantitative estimate of drug-likeness (QED) is 0.262. The summed E-state index contributed by atoms with van der Waals surface area (Å²) in [5.74, 6) is -2.03. The highest BCUT2D eigenvalue weighted by Crippen LogP contribution is 2.37. The van der Waals surface area contributed by atoms with Crippen LogP contribution in [0, 0.1) is 0 Å². The Morgan fingerprint density at radius 2 is 1.81 bits per heavy atom. The summed E-state index contributed by atoms with van der Waals surface area (Å²) in [5, 5.41) is -0.517. The number of amides is 1. The Hall–Kier alpha value is -3.04. The standard InChI is InChI=1S/C20H17ClF6N2O6S/c1-11(17(30)29-36(31,32)20(25,26)27)7-12-3-4-14(34-6-5-33-2)9-16(12)35-18-15(21)8-13(10-28-18)19(22,23)24/h3-4,7-10H,5-6H2,1-2H3,(H,29,30)/b11-7+. The number of nitrogens with one attached hydrogen (secondary N) is 1. The smallest absolute Gasteiger partial charge is 0.491 e. The fourth-order valence-corrected chi connectivity index (χ4v) is 3.10. The zero-order valence-corrected chi connectivity index (χ0v) is 19.9. The second kappa shape index (κ2) is 11.3. The van der Waals surface area contributed by atoms with Crippen molar-refractivity contribution >= 4 is 33.6 Å². The number of pyridine rings is 1. The number of halogens is 7. The first-order chi connectivity index (χ1) is 16.5. The predicted octanol–water partition coefficient (Wildman–Crippen LogP) is 4.94. The van der Waals surface area contributed by atoms with Gasteiger partial charge in [-0.15, -0.1) is 0 Å². The SMILES string of the molecule is COCCOc1ccc(/C=C(\C)C(=O)NS(=O)(=O)C(F)(F)F)c(Oc2ncc(C(F)(F)F)cc2Cl)c1.